The first-order chi connectivity index (χ1) is 12.1. The standard InChI is InChI=1S/C21H34N2O2/c1-3-4-5-6-7-8-9-10-11-15-20(24)22-17-21(25)23-19-14-12-13-18(2)16-19/h12-14,16H,3-11,15,17H2,1-2H3,(H,22,24)(H,23,25). The number of carbonyl (C=O) groups excluding carboxylic acids is 2. The summed E-state index contributed by atoms with van der Waals surface area (Å²) in [4.78, 5) is 23.6. The van der Waals surface area contributed by atoms with Crippen LogP contribution < -0.4 is 10.6 Å². The van der Waals surface area contributed by atoms with E-state index >= 15 is 0 Å². The molecule has 0 fully saturated rings. The molecule has 4 nitrogen and oxygen atoms in total. The number of hydrogen-bond acceptors (Lipinski definition) is 2. The molecule has 0 spiro atoms. The topological polar surface area (TPSA) is 58.2 Å². The fourth-order valence-corrected chi connectivity index (χ4v) is 2.79. The van der Waals surface area contributed by atoms with Gasteiger partial charge in [0, 0.05) is 12.1 Å². The smallest absolute Gasteiger partial charge is 0.243 e. The molecule has 2 amide bonds. The molecule has 2 N–H and O–H groups in total. The van der Waals surface area contributed by atoms with Crippen LogP contribution in [0.1, 0.15) is 76.7 Å². The molecule has 0 heterocycles. The molecule has 4 heteroatoms. The van der Waals surface area contributed by atoms with Gasteiger partial charge in [-0.25, -0.2) is 0 Å². The summed E-state index contributed by atoms with van der Waals surface area (Å²) in [5.41, 5.74) is 1.85. The molecule has 1 rings (SSSR count). The normalized spacial score (nSPS) is 10.5. The van der Waals surface area contributed by atoms with E-state index in [1.165, 1.54) is 44.9 Å². The highest BCUT2D eigenvalue weighted by Crippen LogP contribution is 2.11. The molecular weight excluding hydrogens is 312 g/mol. The zero-order valence-electron chi connectivity index (χ0n) is 15.9. The van der Waals surface area contributed by atoms with Gasteiger partial charge in [0.05, 0.1) is 6.54 Å². The van der Waals surface area contributed by atoms with E-state index in [-0.39, 0.29) is 18.4 Å². The Balaban J connectivity index is 2.00. The molecule has 0 aromatic heterocycles. The minimum atomic E-state index is -0.189. The van der Waals surface area contributed by atoms with Gasteiger partial charge < -0.3 is 10.6 Å². The lowest BCUT2D eigenvalue weighted by molar-refractivity contribution is -0.124. The van der Waals surface area contributed by atoms with E-state index in [9.17, 15) is 9.59 Å². The van der Waals surface area contributed by atoms with Crippen LogP contribution in [-0.4, -0.2) is 18.4 Å². The molecule has 25 heavy (non-hydrogen) atoms. The quantitative estimate of drug-likeness (QED) is 0.495. The van der Waals surface area contributed by atoms with E-state index in [0.29, 0.717) is 6.42 Å². The van der Waals surface area contributed by atoms with E-state index in [0.717, 1.165) is 24.1 Å². The summed E-state index contributed by atoms with van der Waals surface area (Å²) in [7, 11) is 0. The number of nitrogens with one attached hydrogen (secondary N) is 2. The van der Waals surface area contributed by atoms with Crippen molar-refractivity contribution in [2.75, 3.05) is 11.9 Å². The van der Waals surface area contributed by atoms with Gasteiger partial charge in [-0.05, 0) is 31.0 Å². The fraction of sp³-hybridized carbons (Fsp3) is 0.619. The summed E-state index contributed by atoms with van der Waals surface area (Å²) in [6.07, 6.45) is 11.6. The molecule has 1 aromatic carbocycles. The Morgan fingerprint density at radius 2 is 1.52 bits per heavy atom. The second-order valence-corrected chi connectivity index (χ2v) is 6.77. The Bertz CT molecular complexity index is 514. The van der Waals surface area contributed by atoms with Gasteiger partial charge in [-0.3, -0.25) is 9.59 Å². The number of hydrogen-bond donors (Lipinski definition) is 2. The number of unbranched alkanes of at least 4 members (excludes halogenated alkanes) is 8. The largest absolute Gasteiger partial charge is 0.347 e. The number of aryl methyl sites for hydroxylation is 1. The summed E-state index contributed by atoms with van der Waals surface area (Å²) >= 11 is 0. The summed E-state index contributed by atoms with van der Waals surface area (Å²) in [5.74, 6) is -0.228. The van der Waals surface area contributed by atoms with Crippen LogP contribution in [0.2, 0.25) is 0 Å². The van der Waals surface area contributed by atoms with Gasteiger partial charge in [-0.1, -0.05) is 70.4 Å². The van der Waals surface area contributed by atoms with E-state index < -0.39 is 0 Å². The Hall–Kier alpha value is -1.84. The minimum absolute atomic E-state index is 0.0319. The van der Waals surface area contributed by atoms with Crippen LogP contribution in [-0.2, 0) is 9.59 Å². The molecule has 0 radical (unpaired) electrons. The average molecular weight is 347 g/mol. The van der Waals surface area contributed by atoms with Crippen molar-refractivity contribution in [3.8, 4) is 0 Å². The van der Waals surface area contributed by atoms with Crippen molar-refractivity contribution in [2.24, 2.45) is 0 Å². The van der Waals surface area contributed by atoms with Crippen molar-refractivity contribution >= 4 is 17.5 Å². The predicted molar refractivity (Wildman–Crippen MR) is 105 cm³/mol. The molecule has 0 atom stereocenters. The van der Waals surface area contributed by atoms with E-state index in [4.69, 9.17) is 0 Å². The van der Waals surface area contributed by atoms with Crippen LogP contribution in [0.15, 0.2) is 24.3 Å². The van der Waals surface area contributed by atoms with Crippen LogP contribution in [0.25, 0.3) is 0 Å². The Morgan fingerprint density at radius 1 is 0.880 bits per heavy atom. The van der Waals surface area contributed by atoms with Gasteiger partial charge in [0.15, 0.2) is 0 Å². The van der Waals surface area contributed by atoms with Gasteiger partial charge in [0.1, 0.15) is 0 Å². The second kappa shape index (κ2) is 13.5. The van der Waals surface area contributed by atoms with Gasteiger partial charge >= 0.3 is 0 Å². The number of amides is 2. The maximum absolute atomic E-state index is 11.8. The SMILES string of the molecule is CCCCCCCCCCCC(=O)NCC(=O)Nc1cccc(C)c1. The summed E-state index contributed by atoms with van der Waals surface area (Å²) < 4.78 is 0. The molecule has 1 aromatic rings. The molecule has 0 aliphatic carbocycles. The molecule has 0 saturated heterocycles. The van der Waals surface area contributed by atoms with E-state index in [1.807, 2.05) is 31.2 Å². The van der Waals surface area contributed by atoms with Gasteiger partial charge in [-0.15, -0.1) is 0 Å². The van der Waals surface area contributed by atoms with Crippen LogP contribution >= 0.6 is 0 Å². The third-order valence-corrected chi connectivity index (χ3v) is 4.26. The lowest BCUT2D eigenvalue weighted by Gasteiger charge is -2.07. The molecule has 0 saturated carbocycles. The van der Waals surface area contributed by atoms with Crippen molar-refractivity contribution in [1.82, 2.24) is 5.32 Å². The van der Waals surface area contributed by atoms with Crippen LogP contribution in [0.4, 0.5) is 5.69 Å². The van der Waals surface area contributed by atoms with Crippen molar-refractivity contribution in [2.45, 2.75) is 78.1 Å². The molecule has 0 aliphatic heterocycles. The van der Waals surface area contributed by atoms with Crippen molar-refractivity contribution in [3.63, 3.8) is 0 Å². The lowest BCUT2D eigenvalue weighted by atomic mass is 10.1. The maximum Gasteiger partial charge on any atom is 0.243 e. The highest BCUT2D eigenvalue weighted by atomic mass is 16.2. The lowest BCUT2D eigenvalue weighted by Crippen LogP contribution is -2.32. The van der Waals surface area contributed by atoms with Crippen LogP contribution in [0.5, 0.6) is 0 Å². The molecular formula is C21H34N2O2. The molecule has 140 valence electrons. The second-order valence-electron chi connectivity index (χ2n) is 6.77. The zero-order chi connectivity index (χ0) is 18.3. The van der Waals surface area contributed by atoms with Gasteiger partial charge in [-0.2, -0.15) is 0 Å². The number of carbonyl (C=O) groups is 2. The number of anilines is 1. The molecule has 0 aliphatic rings. The zero-order valence-corrected chi connectivity index (χ0v) is 15.9. The fourth-order valence-electron chi connectivity index (χ4n) is 2.79. The Kier molecular flexibility index (Phi) is 11.4. The Labute approximate surface area is 152 Å². The molecule has 0 unspecified atom stereocenters. The van der Waals surface area contributed by atoms with E-state index in [1.54, 1.807) is 0 Å². The first-order valence-electron chi connectivity index (χ1n) is 9.75. The highest BCUT2D eigenvalue weighted by molar-refractivity contribution is 5.94. The van der Waals surface area contributed by atoms with Crippen LogP contribution in [0.3, 0.4) is 0 Å². The van der Waals surface area contributed by atoms with Gasteiger partial charge in [0.2, 0.25) is 11.8 Å². The minimum Gasteiger partial charge on any atom is -0.347 e. The highest BCUT2D eigenvalue weighted by Gasteiger charge is 2.06. The third-order valence-electron chi connectivity index (χ3n) is 4.26. The first kappa shape index (κ1) is 21.2. The average Bonchev–Trinajstić information content (AvgIpc) is 2.58. The summed E-state index contributed by atoms with van der Waals surface area (Å²) in [6.45, 7) is 4.24. The van der Waals surface area contributed by atoms with Crippen molar-refractivity contribution in [3.05, 3.63) is 29.8 Å². The molecule has 0 bridgehead atoms. The predicted octanol–water partition coefficient (Wildman–Crippen LogP) is 4.97. The van der Waals surface area contributed by atoms with Gasteiger partial charge in [0.25, 0.3) is 0 Å². The first-order valence-corrected chi connectivity index (χ1v) is 9.75. The third kappa shape index (κ3) is 11.4. The summed E-state index contributed by atoms with van der Waals surface area (Å²) in [5, 5.41) is 5.48. The summed E-state index contributed by atoms with van der Waals surface area (Å²) in [6, 6.07) is 7.62. The van der Waals surface area contributed by atoms with E-state index in [2.05, 4.69) is 17.6 Å². The van der Waals surface area contributed by atoms with Crippen molar-refractivity contribution in [1.29, 1.82) is 0 Å². The maximum atomic E-state index is 11.8. The monoisotopic (exact) mass is 346 g/mol. The van der Waals surface area contributed by atoms with Crippen molar-refractivity contribution < 1.29 is 9.59 Å². The number of benzene rings is 1. The Morgan fingerprint density at radius 3 is 2.16 bits per heavy atom. The number of rotatable bonds is 13. The van der Waals surface area contributed by atoms with Crippen LogP contribution in [0, 0.1) is 6.92 Å².